The summed E-state index contributed by atoms with van der Waals surface area (Å²) in [7, 11) is 0. The van der Waals surface area contributed by atoms with Crippen molar-refractivity contribution in [2.45, 2.75) is 71.6 Å². The fourth-order valence-electron chi connectivity index (χ4n) is 3.25. The normalized spacial score (nSPS) is 10.4. The van der Waals surface area contributed by atoms with E-state index >= 15 is 0 Å². The van der Waals surface area contributed by atoms with E-state index in [4.69, 9.17) is 14.2 Å². The Morgan fingerprint density at radius 1 is 0.781 bits per heavy atom. The molecule has 0 aliphatic carbocycles. The highest BCUT2D eigenvalue weighted by Gasteiger charge is 2.13. The average Bonchev–Trinajstić information content (AvgIpc) is 2.82. The number of hydrogen-bond donors (Lipinski definition) is 0. The van der Waals surface area contributed by atoms with Gasteiger partial charge >= 0.3 is 5.97 Å². The van der Waals surface area contributed by atoms with Gasteiger partial charge in [-0.2, -0.15) is 5.26 Å². The van der Waals surface area contributed by atoms with Gasteiger partial charge in [0.25, 0.3) is 0 Å². The second-order valence-electron chi connectivity index (χ2n) is 7.86. The number of ether oxygens (including phenoxy) is 3. The Kier molecular flexibility index (Phi) is 11.8. The van der Waals surface area contributed by atoms with Crippen LogP contribution in [0, 0.1) is 11.3 Å². The maximum Gasteiger partial charge on any atom is 0.343 e. The fourth-order valence-corrected chi connectivity index (χ4v) is 3.25. The molecule has 0 aliphatic heterocycles. The molecule has 2 rings (SSSR count). The summed E-state index contributed by atoms with van der Waals surface area (Å²) in [5, 5.41) is 9.42. The molecule has 0 unspecified atom stereocenters. The minimum atomic E-state index is -0.513. The van der Waals surface area contributed by atoms with Crippen LogP contribution in [0.1, 0.15) is 87.6 Å². The summed E-state index contributed by atoms with van der Waals surface area (Å²) in [6, 6.07) is 13.9. The molecule has 2 aromatic carbocycles. The maximum absolute atomic E-state index is 12.5. The lowest BCUT2D eigenvalue weighted by Gasteiger charge is -2.10. The van der Waals surface area contributed by atoms with Crippen LogP contribution < -0.4 is 14.2 Å². The molecule has 5 nitrogen and oxygen atoms in total. The molecule has 2 aromatic rings. The molecule has 0 amide bonds. The Bertz CT molecular complexity index is 855. The highest BCUT2D eigenvalue weighted by atomic mass is 16.5. The molecule has 0 saturated carbocycles. The molecule has 32 heavy (non-hydrogen) atoms. The van der Waals surface area contributed by atoms with Crippen molar-refractivity contribution >= 4 is 5.97 Å². The largest absolute Gasteiger partial charge is 0.494 e. The number of hydrogen-bond acceptors (Lipinski definition) is 5. The smallest absolute Gasteiger partial charge is 0.343 e. The quantitative estimate of drug-likeness (QED) is 0.169. The van der Waals surface area contributed by atoms with Crippen molar-refractivity contribution in [1.82, 2.24) is 0 Å². The van der Waals surface area contributed by atoms with Crippen LogP contribution in [0.25, 0.3) is 0 Å². The molecule has 0 spiro atoms. The molecule has 0 atom stereocenters. The zero-order chi connectivity index (χ0) is 23.0. The summed E-state index contributed by atoms with van der Waals surface area (Å²) in [4.78, 5) is 12.5. The summed E-state index contributed by atoms with van der Waals surface area (Å²) in [6.45, 7) is 5.61. The molecular weight excluding hydrogens is 402 g/mol. The summed E-state index contributed by atoms with van der Waals surface area (Å²) >= 11 is 0. The maximum atomic E-state index is 12.5. The number of esters is 1. The lowest BCUT2D eigenvalue weighted by atomic mass is 10.1. The highest BCUT2D eigenvalue weighted by molar-refractivity contribution is 5.91. The number of nitrogens with zero attached hydrogens (tertiary/aromatic N) is 1. The molecule has 0 N–H and O–H groups in total. The van der Waals surface area contributed by atoms with E-state index in [0.29, 0.717) is 35.8 Å². The van der Waals surface area contributed by atoms with Crippen LogP contribution in [0.3, 0.4) is 0 Å². The zero-order valence-electron chi connectivity index (χ0n) is 19.4. The Balaban J connectivity index is 1.84. The molecule has 0 fully saturated rings. The standard InChI is InChI=1S/C27H35NO4/c1-3-5-7-9-11-18-30-24-13-15-25(16-14-24)32-27(29)22-12-17-26(23(20-22)21-28)31-19-10-8-6-4-2/h12-17,20H,3-11,18-19H2,1-2H3. The van der Waals surface area contributed by atoms with Gasteiger partial charge in [-0.3, -0.25) is 0 Å². The molecule has 0 aliphatic rings. The summed E-state index contributed by atoms with van der Waals surface area (Å²) in [6.07, 6.45) is 10.3. The van der Waals surface area contributed by atoms with Crippen molar-refractivity contribution < 1.29 is 19.0 Å². The van der Waals surface area contributed by atoms with Gasteiger partial charge in [0.05, 0.1) is 24.3 Å². The predicted molar refractivity (Wildman–Crippen MR) is 126 cm³/mol. The van der Waals surface area contributed by atoms with Crippen molar-refractivity contribution in [3.63, 3.8) is 0 Å². The number of nitriles is 1. The summed E-state index contributed by atoms with van der Waals surface area (Å²) < 4.78 is 16.9. The van der Waals surface area contributed by atoms with Gasteiger partial charge in [0.1, 0.15) is 23.3 Å². The Morgan fingerprint density at radius 2 is 1.38 bits per heavy atom. The van der Waals surface area contributed by atoms with E-state index in [1.807, 2.05) is 0 Å². The second-order valence-corrected chi connectivity index (χ2v) is 7.86. The Morgan fingerprint density at radius 3 is 2.03 bits per heavy atom. The van der Waals surface area contributed by atoms with E-state index in [1.165, 1.54) is 38.2 Å². The van der Waals surface area contributed by atoms with Crippen molar-refractivity contribution in [1.29, 1.82) is 5.26 Å². The van der Waals surface area contributed by atoms with Crippen molar-refractivity contribution in [3.05, 3.63) is 53.6 Å². The van der Waals surface area contributed by atoms with Crippen molar-refractivity contribution in [2.75, 3.05) is 13.2 Å². The summed E-state index contributed by atoms with van der Waals surface area (Å²) in [5.74, 6) is 1.17. The predicted octanol–water partition coefficient (Wildman–Crippen LogP) is 7.09. The van der Waals surface area contributed by atoms with E-state index in [2.05, 4.69) is 19.9 Å². The molecule has 0 radical (unpaired) electrons. The van der Waals surface area contributed by atoms with Crippen LogP contribution in [-0.4, -0.2) is 19.2 Å². The van der Waals surface area contributed by atoms with Crippen molar-refractivity contribution in [3.8, 4) is 23.3 Å². The minimum Gasteiger partial charge on any atom is -0.494 e. The number of unbranched alkanes of at least 4 members (excludes halogenated alkanes) is 7. The third-order valence-corrected chi connectivity index (χ3v) is 5.14. The lowest BCUT2D eigenvalue weighted by molar-refractivity contribution is 0.0734. The van der Waals surface area contributed by atoms with Gasteiger partial charge in [-0.05, 0) is 55.3 Å². The van der Waals surface area contributed by atoms with Crippen LogP contribution >= 0.6 is 0 Å². The summed E-state index contributed by atoms with van der Waals surface area (Å²) in [5.41, 5.74) is 0.643. The van der Waals surface area contributed by atoms with Gasteiger partial charge in [0.2, 0.25) is 0 Å². The van der Waals surface area contributed by atoms with Gasteiger partial charge in [0, 0.05) is 0 Å². The van der Waals surface area contributed by atoms with Crippen LogP contribution in [0.5, 0.6) is 17.2 Å². The second kappa shape index (κ2) is 14.9. The van der Waals surface area contributed by atoms with Gasteiger partial charge in [-0.1, -0.05) is 58.8 Å². The van der Waals surface area contributed by atoms with Gasteiger partial charge in [-0.15, -0.1) is 0 Å². The monoisotopic (exact) mass is 437 g/mol. The third-order valence-electron chi connectivity index (χ3n) is 5.14. The topological polar surface area (TPSA) is 68.6 Å². The highest BCUT2D eigenvalue weighted by Crippen LogP contribution is 2.23. The third kappa shape index (κ3) is 9.01. The van der Waals surface area contributed by atoms with Gasteiger partial charge in [-0.25, -0.2) is 4.79 Å². The van der Waals surface area contributed by atoms with Gasteiger partial charge < -0.3 is 14.2 Å². The number of carbonyl (C=O) groups excluding carboxylic acids is 1. The first-order chi connectivity index (χ1) is 15.7. The minimum absolute atomic E-state index is 0.312. The molecule has 0 heterocycles. The van der Waals surface area contributed by atoms with E-state index in [9.17, 15) is 10.1 Å². The van der Waals surface area contributed by atoms with Gasteiger partial charge in [0.15, 0.2) is 0 Å². The Hall–Kier alpha value is -3.00. The molecule has 0 bridgehead atoms. The zero-order valence-corrected chi connectivity index (χ0v) is 19.4. The van der Waals surface area contributed by atoms with Crippen LogP contribution in [-0.2, 0) is 0 Å². The first kappa shape index (κ1) is 25.3. The van der Waals surface area contributed by atoms with Crippen LogP contribution in [0.2, 0.25) is 0 Å². The number of carbonyl (C=O) groups is 1. The van der Waals surface area contributed by atoms with Crippen LogP contribution in [0.15, 0.2) is 42.5 Å². The fraction of sp³-hybridized carbons (Fsp3) is 0.481. The first-order valence-electron chi connectivity index (χ1n) is 11.8. The average molecular weight is 438 g/mol. The van der Waals surface area contributed by atoms with E-state index in [-0.39, 0.29) is 0 Å². The molecular formula is C27H35NO4. The Labute approximate surface area is 192 Å². The van der Waals surface area contributed by atoms with Crippen LogP contribution in [0.4, 0.5) is 0 Å². The molecule has 0 aromatic heterocycles. The van der Waals surface area contributed by atoms with E-state index in [1.54, 1.807) is 36.4 Å². The number of rotatable bonds is 15. The first-order valence-corrected chi connectivity index (χ1v) is 11.8. The molecule has 172 valence electrons. The molecule has 5 heteroatoms. The molecule has 0 saturated heterocycles. The lowest BCUT2D eigenvalue weighted by Crippen LogP contribution is -2.09. The van der Waals surface area contributed by atoms with E-state index in [0.717, 1.165) is 31.4 Å². The van der Waals surface area contributed by atoms with E-state index < -0.39 is 5.97 Å². The number of benzene rings is 2. The van der Waals surface area contributed by atoms with Crippen molar-refractivity contribution in [2.24, 2.45) is 0 Å². The SMILES string of the molecule is CCCCCCCOc1ccc(OC(=O)c2ccc(OCCCCCC)c(C#N)c2)cc1.